The molecule has 1 atom stereocenters. The van der Waals surface area contributed by atoms with E-state index in [0.29, 0.717) is 34.4 Å². The molecule has 0 aliphatic heterocycles. The number of carbonyl (C=O) groups is 1. The molecule has 1 heterocycles. The van der Waals surface area contributed by atoms with Crippen LogP contribution in [0.15, 0.2) is 53.4 Å². The summed E-state index contributed by atoms with van der Waals surface area (Å²) in [5.41, 5.74) is 4.44. The Kier molecular flexibility index (Phi) is 6.60. The van der Waals surface area contributed by atoms with Crippen molar-refractivity contribution >= 4 is 45.3 Å². The van der Waals surface area contributed by atoms with E-state index in [1.54, 1.807) is 54.2 Å². The predicted molar refractivity (Wildman–Crippen MR) is 110 cm³/mol. The van der Waals surface area contributed by atoms with Crippen LogP contribution in [-0.2, 0) is 23.2 Å². The maximum atomic E-state index is 12.5. The summed E-state index contributed by atoms with van der Waals surface area (Å²) < 4.78 is 17.0. The highest BCUT2D eigenvalue weighted by Gasteiger charge is 2.10. The lowest BCUT2D eigenvalue weighted by Crippen LogP contribution is -2.12. The monoisotopic (exact) mass is 420 g/mol. The van der Waals surface area contributed by atoms with E-state index in [1.165, 1.54) is 11.3 Å². The fraction of sp³-hybridized carbons (Fsp3) is 0.158. The number of carbonyl (C=O) groups excluding carboxylic acids is 1. The molecule has 8 heteroatoms. The van der Waals surface area contributed by atoms with Gasteiger partial charge >= 0.3 is 0 Å². The fourth-order valence-corrected chi connectivity index (χ4v) is 3.71. The van der Waals surface area contributed by atoms with Gasteiger partial charge < -0.3 is 10.1 Å². The van der Waals surface area contributed by atoms with Gasteiger partial charge in [0.2, 0.25) is 0 Å². The molecule has 1 N–H and O–H groups in total. The van der Waals surface area contributed by atoms with Crippen LogP contribution in [0.1, 0.15) is 21.6 Å². The van der Waals surface area contributed by atoms with Crippen LogP contribution in [0, 0.1) is 0 Å². The molecule has 0 spiro atoms. The number of ether oxygens (including phenoxy) is 1. The van der Waals surface area contributed by atoms with Gasteiger partial charge in [0.25, 0.3) is 5.91 Å². The first kappa shape index (κ1) is 19.5. The molecule has 3 rings (SSSR count). The maximum Gasteiger partial charge on any atom is 0.255 e. The third-order valence-electron chi connectivity index (χ3n) is 3.64. The van der Waals surface area contributed by atoms with Crippen molar-refractivity contribution in [2.75, 3.05) is 11.6 Å². The minimum atomic E-state index is -0.970. The minimum absolute atomic E-state index is 0.280. The van der Waals surface area contributed by atoms with Crippen LogP contribution >= 0.6 is 22.9 Å². The van der Waals surface area contributed by atoms with E-state index in [-0.39, 0.29) is 5.91 Å². The predicted octanol–water partition coefficient (Wildman–Crippen LogP) is 4.51. The Morgan fingerprint density at radius 2 is 2.04 bits per heavy atom. The molecule has 5 nitrogen and oxygen atoms in total. The van der Waals surface area contributed by atoms with Gasteiger partial charge in [-0.1, -0.05) is 17.7 Å². The smallest absolute Gasteiger partial charge is 0.255 e. The average molecular weight is 421 g/mol. The van der Waals surface area contributed by atoms with Gasteiger partial charge in [-0.05, 0) is 42.0 Å². The molecule has 1 unspecified atom stereocenters. The molecule has 2 aromatic carbocycles. The molecular weight excluding hydrogens is 404 g/mol. The SMILES string of the molecule is CS(=O)Cc1ccc(Cl)c(NC(=O)c2ccc(OCc3cscn3)cc2)c1. The zero-order valence-electron chi connectivity index (χ0n) is 14.5. The molecule has 1 aromatic heterocycles. The Hall–Kier alpha value is -2.22. The number of nitrogens with zero attached hydrogens (tertiary/aromatic N) is 1. The third-order valence-corrected chi connectivity index (χ3v) is 5.34. The second kappa shape index (κ2) is 9.12. The summed E-state index contributed by atoms with van der Waals surface area (Å²) in [6.07, 6.45) is 1.63. The fourth-order valence-electron chi connectivity index (χ4n) is 2.36. The van der Waals surface area contributed by atoms with Gasteiger partial charge in [0.1, 0.15) is 12.4 Å². The maximum absolute atomic E-state index is 12.5. The highest BCUT2D eigenvalue weighted by atomic mass is 35.5. The average Bonchev–Trinajstić information content (AvgIpc) is 3.16. The summed E-state index contributed by atoms with van der Waals surface area (Å²) in [5, 5.41) is 5.15. The van der Waals surface area contributed by atoms with Gasteiger partial charge in [-0.25, -0.2) is 4.98 Å². The van der Waals surface area contributed by atoms with Crippen molar-refractivity contribution < 1.29 is 13.7 Å². The second-order valence-electron chi connectivity index (χ2n) is 5.78. The molecular formula is C19H17ClN2O3S2. The van der Waals surface area contributed by atoms with Crippen molar-refractivity contribution in [3.63, 3.8) is 0 Å². The summed E-state index contributed by atoms with van der Waals surface area (Å²) in [6, 6.07) is 12.1. The van der Waals surface area contributed by atoms with Crippen LogP contribution in [0.2, 0.25) is 5.02 Å². The number of halogens is 1. The van der Waals surface area contributed by atoms with E-state index in [9.17, 15) is 9.00 Å². The third kappa shape index (κ3) is 5.63. The number of aromatic nitrogens is 1. The lowest BCUT2D eigenvalue weighted by molar-refractivity contribution is 0.102. The highest BCUT2D eigenvalue weighted by Crippen LogP contribution is 2.24. The van der Waals surface area contributed by atoms with E-state index in [0.717, 1.165) is 11.3 Å². The number of anilines is 1. The van der Waals surface area contributed by atoms with E-state index >= 15 is 0 Å². The Bertz CT molecular complexity index is 944. The van der Waals surface area contributed by atoms with Crippen LogP contribution < -0.4 is 10.1 Å². The number of hydrogen-bond donors (Lipinski definition) is 1. The standard InChI is InChI=1S/C19H17ClN2O3S2/c1-27(24)11-13-2-7-17(20)18(8-13)22-19(23)14-3-5-16(6-4-14)25-9-15-10-26-12-21-15/h2-8,10,12H,9,11H2,1H3,(H,22,23). The first-order valence-electron chi connectivity index (χ1n) is 8.01. The molecule has 0 aliphatic rings. The molecule has 0 aliphatic carbocycles. The number of nitrogens with one attached hydrogen (secondary N) is 1. The van der Waals surface area contributed by atoms with E-state index in [1.807, 2.05) is 5.38 Å². The minimum Gasteiger partial charge on any atom is -0.487 e. The van der Waals surface area contributed by atoms with Gasteiger partial charge in [-0.3, -0.25) is 9.00 Å². The molecule has 3 aromatic rings. The number of rotatable bonds is 7. The first-order chi connectivity index (χ1) is 13.0. The Morgan fingerprint density at radius 1 is 1.26 bits per heavy atom. The second-order valence-corrected chi connectivity index (χ2v) is 8.34. The molecule has 0 saturated heterocycles. The largest absolute Gasteiger partial charge is 0.487 e. The van der Waals surface area contributed by atoms with Crippen LogP contribution in [0.25, 0.3) is 0 Å². The van der Waals surface area contributed by atoms with Gasteiger partial charge in [-0.15, -0.1) is 11.3 Å². The van der Waals surface area contributed by atoms with E-state index in [2.05, 4.69) is 10.3 Å². The normalized spacial score (nSPS) is 11.8. The van der Waals surface area contributed by atoms with Crippen molar-refractivity contribution in [2.45, 2.75) is 12.4 Å². The number of hydrogen-bond acceptors (Lipinski definition) is 5. The van der Waals surface area contributed by atoms with Crippen LogP contribution in [0.3, 0.4) is 0 Å². The number of amides is 1. The topological polar surface area (TPSA) is 68.3 Å². The molecule has 1 amide bonds. The van der Waals surface area contributed by atoms with Crippen LogP contribution in [-0.4, -0.2) is 21.4 Å². The van der Waals surface area contributed by atoms with E-state index in [4.69, 9.17) is 16.3 Å². The quantitative estimate of drug-likeness (QED) is 0.610. The lowest BCUT2D eigenvalue weighted by atomic mass is 10.2. The van der Waals surface area contributed by atoms with Crippen molar-refractivity contribution in [3.05, 3.63) is 75.2 Å². The van der Waals surface area contributed by atoms with Crippen molar-refractivity contribution in [1.29, 1.82) is 0 Å². The molecule has 0 fully saturated rings. The van der Waals surface area contributed by atoms with Gasteiger partial charge in [0.05, 0.1) is 21.9 Å². The van der Waals surface area contributed by atoms with Crippen molar-refractivity contribution in [2.24, 2.45) is 0 Å². The van der Waals surface area contributed by atoms with Crippen molar-refractivity contribution in [1.82, 2.24) is 4.98 Å². The highest BCUT2D eigenvalue weighted by molar-refractivity contribution is 7.83. The molecule has 27 heavy (non-hydrogen) atoms. The summed E-state index contributed by atoms with van der Waals surface area (Å²) in [4.78, 5) is 16.6. The van der Waals surface area contributed by atoms with E-state index < -0.39 is 10.8 Å². The summed E-state index contributed by atoms with van der Waals surface area (Å²) in [5.74, 6) is 0.785. The Balaban J connectivity index is 1.64. The van der Waals surface area contributed by atoms with Gasteiger partial charge in [0, 0.05) is 33.8 Å². The summed E-state index contributed by atoms with van der Waals surface area (Å²) in [7, 11) is -0.970. The number of thiazole rings is 1. The first-order valence-corrected chi connectivity index (χ1v) is 11.1. The summed E-state index contributed by atoms with van der Waals surface area (Å²) in [6.45, 7) is 0.385. The van der Waals surface area contributed by atoms with Crippen LogP contribution in [0.4, 0.5) is 5.69 Å². The molecule has 0 bridgehead atoms. The van der Waals surface area contributed by atoms with Crippen molar-refractivity contribution in [3.8, 4) is 5.75 Å². The zero-order chi connectivity index (χ0) is 19.2. The molecule has 0 saturated carbocycles. The lowest BCUT2D eigenvalue weighted by Gasteiger charge is -2.10. The molecule has 140 valence electrons. The number of benzene rings is 2. The zero-order valence-corrected chi connectivity index (χ0v) is 16.9. The van der Waals surface area contributed by atoms with Gasteiger partial charge in [-0.2, -0.15) is 0 Å². The van der Waals surface area contributed by atoms with Crippen LogP contribution in [0.5, 0.6) is 5.75 Å². The Morgan fingerprint density at radius 3 is 2.70 bits per heavy atom. The molecule has 0 radical (unpaired) electrons. The van der Waals surface area contributed by atoms with Gasteiger partial charge in [0.15, 0.2) is 0 Å². The summed E-state index contributed by atoms with van der Waals surface area (Å²) >= 11 is 7.68. The Labute approximate surface area is 168 Å².